The number of fused-ring (bicyclic) bond motifs is 1. The smallest absolute Gasteiger partial charge is 0.261 e. The van der Waals surface area contributed by atoms with Crippen LogP contribution in [0.25, 0.3) is 11.3 Å². The Morgan fingerprint density at radius 1 is 1.33 bits per heavy atom. The van der Waals surface area contributed by atoms with E-state index in [1.165, 1.54) is 6.20 Å². The fourth-order valence-electron chi connectivity index (χ4n) is 4.60. The van der Waals surface area contributed by atoms with Crippen LogP contribution >= 0.6 is 11.6 Å². The fraction of sp³-hybridized carbons (Fsp3) is 0.348. The molecule has 3 aromatic rings. The number of aliphatic hydroxyl groups excluding tert-OH is 1. The first-order valence-corrected chi connectivity index (χ1v) is 11.3. The van der Waals surface area contributed by atoms with Gasteiger partial charge < -0.3 is 15.2 Å². The Kier molecular flexibility index (Phi) is 5.92. The van der Waals surface area contributed by atoms with Crippen LogP contribution in [0, 0.1) is 0 Å². The molecule has 2 aromatic heterocycles. The number of amides is 1. The Balaban J connectivity index is 1.57. The molecule has 0 bridgehead atoms. The Hall–Kier alpha value is -3.14. The fourth-order valence-corrected chi connectivity index (χ4v) is 4.77. The number of hydrazine groups is 1. The van der Waals surface area contributed by atoms with E-state index in [4.69, 9.17) is 16.3 Å². The van der Waals surface area contributed by atoms with Gasteiger partial charge in [-0.05, 0) is 37.1 Å². The van der Waals surface area contributed by atoms with Crippen molar-refractivity contribution < 1.29 is 14.6 Å². The molecule has 1 fully saturated rings. The molecule has 1 saturated carbocycles. The van der Waals surface area contributed by atoms with Gasteiger partial charge in [0.1, 0.15) is 11.3 Å². The van der Waals surface area contributed by atoms with Crippen LogP contribution in [0.4, 0.5) is 0 Å². The number of ether oxygens (including phenoxy) is 1. The number of aliphatic hydroxyl groups is 1. The van der Waals surface area contributed by atoms with E-state index in [0.29, 0.717) is 34.2 Å². The maximum Gasteiger partial charge on any atom is 0.261 e. The lowest BCUT2D eigenvalue weighted by molar-refractivity contribution is 0.0317. The zero-order valence-electron chi connectivity index (χ0n) is 18.2. The lowest BCUT2D eigenvalue weighted by Gasteiger charge is -2.38. The summed E-state index contributed by atoms with van der Waals surface area (Å²) in [7, 11) is 1.60. The van der Waals surface area contributed by atoms with Crippen molar-refractivity contribution in [2.24, 2.45) is 0 Å². The van der Waals surface area contributed by atoms with Crippen LogP contribution in [0.15, 0.2) is 48.6 Å². The summed E-state index contributed by atoms with van der Waals surface area (Å²) in [6.07, 6.45) is 7.97. The summed E-state index contributed by atoms with van der Waals surface area (Å²) in [5.74, 6) is 0.308. The van der Waals surface area contributed by atoms with E-state index in [-0.39, 0.29) is 11.9 Å². The van der Waals surface area contributed by atoms with Crippen LogP contribution in [0.5, 0.6) is 5.75 Å². The number of aromatic nitrogens is 3. The monoisotopic (exact) mass is 468 g/mol. The van der Waals surface area contributed by atoms with Crippen molar-refractivity contribution >= 4 is 28.9 Å². The summed E-state index contributed by atoms with van der Waals surface area (Å²) in [4.78, 5) is 17.5. The van der Waals surface area contributed by atoms with Gasteiger partial charge >= 0.3 is 0 Å². The van der Waals surface area contributed by atoms with Gasteiger partial charge in [-0.15, -0.1) is 0 Å². The maximum absolute atomic E-state index is 13.2. The molecule has 2 aliphatic rings. The summed E-state index contributed by atoms with van der Waals surface area (Å²) in [6, 6.07) is 6.99. The van der Waals surface area contributed by atoms with Crippen molar-refractivity contribution in [2.45, 2.75) is 37.8 Å². The van der Waals surface area contributed by atoms with Crippen molar-refractivity contribution in [3.8, 4) is 5.75 Å². The minimum atomic E-state index is -0.481. The molecule has 1 aromatic carbocycles. The number of hydrogen-bond donors (Lipinski definition) is 3. The number of hydrogen-bond acceptors (Lipinski definition) is 7. The Morgan fingerprint density at radius 2 is 2.18 bits per heavy atom. The number of halogens is 1. The molecule has 5 rings (SSSR count). The number of benzene rings is 1. The van der Waals surface area contributed by atoms with E-state index in [2.05, 4.69) is 20.8 Å². The zero-order valence-corrected chi connectivity index (χ0v) is 18.9. The molecule has 10 heteroatoms. The van der Waals surface area contributed by atoms with Crippen molar-refractivity contribution in [1.82, 2.24) is 30.3 Å². The number of nitrogens with one attached hydrogen (secondary N) is 2. The number of carbonyl (C=O) groups excluding carboxylic acids is 1. The third kappa shape index (κ3) is 4.03. The van der Waals surface area contributed by atoms with Gasteiger partial charge in [-0.25, -0.2) is 14.9 Å². The first-order valence-electron chi connectivity index (χ1n) is 10.9. The van der Waals surface area contributed by atoms with Gasteiger partial charge in [0.2, 0.25) is 0 Å². The second kappa shape index (κ2) is 9.01. The van der Waals surface area contributed by atoms with Gasteiger partial charge in [-0.1, -0.05) is 24.4 Å². The number of rotatable bonds is 5. The number of methoxy groups -OCH3 is 1. The van der Waals surface area contributed by atoms with Gasteiger partial charge in [0.05, 0.1) is 43.4 Å². The molecule has 0 radical (unpaired) electrons. The normalized spacial score (nSPS) is 21.0. The molecule has 9 nitrogen and oxygen atoms in total. The summed E-state index contributed by atoms with van der Waals surface area (Å²) in [5, 5.41) is 20.5. The lowest BCUT2D eigenvalue weighted by atomic mass is 9.91. The molecule has 0 spiro atoms. The van der Waals surface area contributed by atoms with Crippen molar-refractivity contribution in [3.05, 3.63) is 64.7 Å². The van der Waals surface area contributed by atoms with Crippen LogP contribution in [0.1, 0.15) is 41.6 Å². The topological polar surface area (TPSA) is 104 Å². The summed E-state index contributed by atoms with van der Waals surface area (Å²) >= 11 is 6.34. The van der Waals surface area contributed by atoms with Gasteiger partial charge in [-0.3, -0.25) is 9.80 Å². The Bertz CT molecular complexity index is 1230. The third-order valence-electron chi connectivity index (χ3n) is 6.18. The molecule has 172 valence electrons. The van der Waals surface area contributed by atoms with E-state index < -0.39 is 6.10 Å². The lowest BCUT2D eigenvalue weighted by Crippen LogP contribution is -2.48. The molecular weight excluding hydrogens is 444 g/mol. The first kappa shape index (κ1) is 21.7. The minimum Gasteiger partial charge on any atom is -0.496 e. The average Bonchev–Trinajstić information content (AvgIpc) is 3.43. The molecule has 0 saturated heterocycles. The van der Waals surface area contributed by atoms with E-state index >= 15 is 0 Å². The molecule has 1 aliphatic carbocycles. The summed E-state index contributed by atoms with van der Waals surface area (Å²) in [5.41, 5.74) is 6.34. The van der Waals surface area contributed by atoms with Crippen LogP contribution in [0.2, 0.25) is 5.02 Å². The average molecular weight is 469 g/mol. The van der Waals surface area contributed by atoms with Crippen molar-refractivity contribution in [1.29, 1.82) is 0 Å². The third-order valence-corrected chi connectivity index (χ3v) is 6.42. The minimum absolute atomic E-state index is 0.134. The van der Waals surface area contributed by atoms with Crippen LogP contribution in [-0.4, -0.2) is 56.4 Å². The highest BCUT2D eigenvalue weighted by molar-refractivity contribution is 6.30. The Labute approximate surface area is 196 Å². The number of carbonyl (C=O) groups is 1. The van der Waals surface area contributed by atoms with E-state index in [0.717, 1.165) is 36.9 Å². The van der Waals surface area contributed by atoms with Gasteiger partial charge in [0, 0.05) is 23.0 Å². The molecule has 3 heterocycles. The van der Waals surface area contributed by atoms with Crippen LogP contribution < -0.4 is 15.5 Å². The standard InChI is InChI=1S/C23H25ClN6O3/c1-33-20-8-7-14(24)11-15(20)21-17(13-27-30(21)18-5-2-3-6-19(18)31)28-23(32)16-12-26-29-10-4-9-25-22(16)29/h4,7-12,18-19,27,31H,2-3,5-6,13H2,1H3,(H,28,32)/t18-,19-/m0/s1. The quantitative estimate of drug-likeness (QED) is 0.528. The maximum atomic E-state index is 13.2. The Morgan fingerprint density at radius 3 is 3.00 bits per heavy atom. The molecule has 2 atom stereocenters. The summed E-state index contributed by atoms with van der Waals surface area (Å²) in [6.45, 7) is 0.382. The molecule has 0 unspecified atom stereocenters. The predicted molar refractivity (Wildman–Crippen MR) is 123 cm³/mol. The molecule has 3 N–H and O–H groups in total. The SMILES string of the molecule is COc1ccc(Cl)cc1C1=C(NC(=O)c2cnn3cccnc23)CNN1[C@H]1CCCC[C@@H]1O. The van der Waals surface area contributed by atoms with E-state index in [1.54, 1.807) is 42.2 Å². The van der Waals surface area contributed by atoms with E-state index in [1.807, 2.05) is 11.1 Å². The second-order valence-electron chi connectivity index (χ2n) is 8.20. The second-order valence-corrected chi connectivity index (χ2v) is 8.63. The van der Waals surface area contributed by atoms with Crippen LogP contribution in [0.3, 0.4) is 0 Å². The van der Waals surface area contributed by atoms with Gasteiger partial charge in [0.25, 0.3) is 5.91 Å². The number of nitrogens with zero attached hydrogens (tertiary/aromatic N) is 4. The van der Waals surface area contributed by atoms with Gasteiger partial charge in [-0.2, -0.15) is 5.10 Å². The first-order chi connectivity index (χ1) is 16.1. The van der Waals surface area contributed by atoms with Crippen molar-refractivity contribution in [2.75, 3.05) is 13.7 Å². The van der Waals surface area contributed by atoms with Crippen molar-refractivity contribution in [3.63, 3.8) is 0 Å². The summed E-state index contributed by atoms with van der Waals surface area (Å²) < 4.78 is 7.17. The molecule has 33 heavy (non-hydrogen) atoms. The molecular formula is C23H25ClN6O3. The zero-order chi connectivity index (χ0) is 22.9. The largest absolute Gasteiger partial charge is 0.496 e. The van der Waals surface area contributed by atoms with Crippen LogP contribution in [-0.2, 0) is 0 Å². The predicted octanol–water partition coefficient (Wildman–Crippen LogP) is 2.61. The molecule has 1 amide bonds. The highest BCUT2D eigenvalue weighted by Gasteiger charge is 2.37. The highest BCUT2D eigenvalue weighted by Crippen LogP contribution is 2.38. The van der Waals surface area contributed by atoms with Gasteiger partial charge in [0.15, 0.2) is 5.65 Å². The van der Waals surface area contributed by atoms with E-state index in [9.17, 15) is 9.90 Å². The highest BCUT2D eigenvalue weighted by atomic mass is 35.5. The molecule has 1 aliphatic heterocycles.